The fourth-order valence-corrected chi connectivity index (χ4v) is 3.91. The summed E-state index contributed by atoms with van der Waals surface area (Å²) in [5.74, 6) is 0.350. The van der Waals surface area contributed by atoms with Gasteiger partial charge in [0.25, 0.3) is 0 Å². The average Bonchev–Trinajstić information content (AvgIpc) is 2.83. The van der Waals surface area contributed by atoms with Gasteiger partial charge in [-0.2, -0.15) is 0 Å². The van der Waals surface area contributed by atoms with E-state index in [1.54, 1.807) is 13.0 Å². The summed E-state index contributed by atoms with van der Waals surface area (Å²) < 4.78 is 19.9. The first kappa shape index (κ1) is 24.3. The number of nitrogens with one attached hydrogen (secondary N) is 2. The van der Waals surface area contributed by atoms with Crippen molar-refractivity contribution in [2.24, 2.45) is 0 Å². The number of pyridine rings is 1. The van der Waals surface area contributed by atoms with Gasteiger partial charge in [0.15, 0.2) is 6.29 Å². The summed E-state index contributed by atoms with van der Waals surface area (Å²) in [6.45, 7) is 5.56. The molecule has 180 valence electrons. The molecule has 1 aromatic heterocycles. The van der Waals surface area contributed by atoms with E-state index in [2.05, 4.69) is 5.32 Å². The van der Waals surface area contributed by atoms with E-state index in [-0.39, 0.29) is 6.10 Å². The minimum Gasteiger partial charge on any atom is -0.491 e. The molecule has 0 aliphatic rings. The molecule has 0 amide bonds. The van der Waals surface area contributed by atoms with Crippen LogP contribution in [0, 0.1) is 11.2 Å². The second-order valence-electron chi connectivity index (χ2n) is 8.67. The van der Waals surface area contributed by atoms with Crippen LogP contribution in [0.3, 0.4) is 0 Å². The number of aliphatic hydroxyl groups is 2. The molecule has 1 atom stereocenters. The molecule has 0 radical (unpaired) electrons. The van der Waals surface area contributed by atoms with Gasteiger partial charge in [0.2, 0.25) is 0 Å². The van der Waals surface area contributed by atoms with E-state index in [9.17, 15) is 14.6 Å². The number of nitrogens with zero attached hydrogens (tertiary/aromatic N) is 1. The van der Waals surface area contributed by atoms with Gasteiger partial charge in [-0.25, -0.2) is 9.37 Å². The molecule has 4 aromatic rings. The molecule has 3 aromatic carbocycles. The van der Waals surface area contributed by atoms with E-state index in [1.165, 1.54) is 12.1 Å². The Morgan fingerprint density at radius 1 is 0.943 bits per heavy atom. The number of anilines is 1. The number of hydrogen-bond donors (Lipinski definition) is 4. The first-order valence-corrected chi connectivity index (χ1v) is 11.4. The third-order valence-electron chi connectivity index (χ3n) is 5.65. The zero-order valence-corrected chi connectivity index (χ0v) is 19.8. The van der Waals surface area contributed by atoms with Crippen LogP contribution in [0.5, 0.6) is 5.75 Å². The fraction of sp³-hybridized carbons (Fsp3) is 0.214. The van der Waals surface area contributed by atoms with Gasteiger partial charge >= 0.3 is 0 Å². The van der Waals surface area contributed by atoms with Gasteiger partial charge in [0.05, 0.1) is 29.0 Å². The number of ether oxygens (including phenoxy) is 1. The van der Waals surface area contributed by atoms with Crippen LogP contribution in [-0.2, 0) is 0 Å². The zero-order valence-electron chi connectivity index (χ0n) is 19.8. The number of rotatable bonds is 8. The number of fused-ring (bicyclic) bond motifs is 1. The minimum absolute atomic E-state index is 0.0806. The van der Waals surface area contributed by atoms with Crippen LogP contribution < -0.4 is 10.1 Å². The van der Waals surface area contributed by atoms with Gasteiger partial charge < -0.3 is 25.7 Å². The SMILES string of the molecule is CC(C)Oc1cccc(-c2ccc(-c3nc4ccc(F)cc4c(NC(C)C(O)O)c3C=N)cc2)c1. The van der Waals surface area contributed by atoms with Gasteiger partial charge in [0, 0.05) is 22.7 Å². The highest BCUT2D eigenvalue weighted by atomic mass is 19.1. The van der Waals surface area contributed by atoms with Gasteiger partial charge in [-0.15, -0.1) is 0 Å². The molecule has 1 unspecified atom stereocenters. The Hall–Kier alpha value is -3.81. The summed E-state index contributed by atoms with van der Waals surface area (Å²) in [6.07, 6.45) is -0.410. The standard InChI is InChI=1S/C28H28FN3O3/c1-16(2)35-22-6-4-5-20(13-22)18-7-9-19(10-8-18)26-24(15-30)27(31-17(3)28(33)34)23-14-21(29)11-12-25(23)32-26/h4-17,28,30,33-34H,1-3H3,(H,31,32). The van der Waals surface area contributed by atoms with Crippen molar-refractivity contribution in [3.63, 3.8) is 0 Å². The number of aromatic nitrogens is 1. The van der Waals surface area contributed by atoms with Crippen molar-refractivity contribution in [1.29, 1.82) is 5.41 Å². The van der Waals surface area contributed by atoms with Crippen LogP contribution in [0.15, 0.2) is 66.7 Å². The van der Waals surface area contributed by atoms with Gasteiger partial charge in [-0.3, -0.25) is 0 Å². The molecule has 0 aliphatic heterocycles. The van der Waals surface area contributed by atoms with Crippen LogP contribution in [0.4, 0.5) is 10.1 Å². The summed E-state index contributed by atoms with van der Waals surface area (Å²) in [7, 11) is 0. The monoisotopic (exact) mass is 473 g/mol. The normalized spacial score (nSPS) is 12.2. The lowest BCUT2D eigenvalue weighted by molar-refractivity contribution is -0.0491. The van der Waals surface area contributed by atoms with Crippen molar-refractivity contribution in [2.75, 3.05) is 5.32 Å². The molecule has 0 fully saturated rings. The summed E-state index contributed by atoms with van der Waals surface area (Å²) in [4.78, 5) is 4.72. The maximum absolute atomic E-state index is 14.1. The van der Waals surface area contributed by atoms with E-state index in [4.69, 9.17) is 15.1 Å². The van der Waals surface area contributed by atoms with E-state index < -0.39 is 18.1 Å². The van der Waals surface area contributed by atoms with E-state index in [0.717, 1.165) is 28.7 Å². The number of benzene rings is 3. The van der Waals surface area contributed by atoms with Crippen LogP contribution in [0.25, 0.3) is 33.3 Å². The summed E-state index contributed by atoms with van der Waals surface area (Å²) in [6, 6.07) is 19.1. The highest BCUT2D eigenvalue weighted by Crippen LogP contribution is 2.35. The van der Waals surface area contributed by atoms with Crippen LogP contribution in [0.1, 0.15) is 26.3 Å². The zero-order chi connectivity index (χ0) is 25.1. The van der Waals surface area contributed by atoms with Crippen LogP contribution in [0.2, 0.25) is 0 Å². The Bertz CT molecular complexity index is 1350. The highest BCUT2D eigenvalue weighted by molar-refractivity contribution is 6.06. The Balaban J connectivity index is 1.80. The van der Waals surface area contributed by atoms with Crippen molar-refractivity contribution in [3.05, 3.63) is 78.1 Å². The predicted octanol–water partition coefficient (Wildman–Crippen LogP) is 5.60. The van der Waals surface area contributed by atoms with Crippen LogP contribution in [-0.4, -0.2) is 39.8 Å². The molecule has 0 aliphatic carbocycles. The first-order chi connectivity index (χ1) is 16.8. The van der Waals surface area contributed by atoms with Crippen molar-refractivity contribution < 1.29 is 19.3 Å². The maximum atomic E-state index is 14.1. The molecule has 0 saturated carbocycles. The largest absolute Gasteiger partial charge is 0.491 e. The Morgan fingerprint density at radius 3 is 2.31 bits per heavy atom. The van der Waals surface area contributed by atoms with Crippen molar-refractivity contribution in [2.45, 2.75) is 39.2 Å². The molecule has 1 heterocycles. The third-order valence-corrected chi connectivity index (χ3v) is 5.65. The van der Waals surface area contributed by atoms with Crippen molar-refractivity contribution in [3.8, 4) is 28.1 Å². The Morgan fingerprint density at radius 2 is 1.66 bits per heavy atom. The molecule has 0 bridgehead atoms. The molecule has 4 N–H and O–H groups in total. The van der Waals surface area contributed by atoms with Gasteiger partial charge in [-0.05, 0) is 62.2 Å². The van der Waals surface area contributed by atoms with E-state index >= 15 is 0 Å². The van der Waals surface area contributed by atoms with Crippen molar-refractivity contribution in [1.82, 2.24) is 4.98 Å². The smallest absolute Gasteiger partial charge is 0.171 e. The molecule has 6 nitrogen and oxygen atoms in total. The second kappa shape index (κ2) is 10.2. The summed E-state index contributed by atoms with van der Waals surface area (Å²) in [5.41, 5.74) is 4.68. The number of hydrogen-bond acceptors (Lipinski definition) is 6. The molecule has 0 saturated heterocycles. The fourth-order valence-electron chi connectivity index (χ4n) is 3.91. The lowest BCUT2D eigenvalue weighted by atomic mass is 9.98. The molecule has 0 spiro atoms. The summed E-state index contributed by atoms with van der Waals surface area (Å²) >= 11 is 0. The maximum Gasteiger partial charge on any atom is 0.171 e. The van der Waals surface area contributed by atoms with E-state index in [1.807, 2.05) is 62.4 Å². The molecular weight excluding hydrogens is 445 g/mol. The van der Waals surface area contributed by atoms with Crippen molar-refractivity contribution >= 4 is 22.8 Å². The van der Waals surface area contributed by atoms with Crippen LogP contribution >= 0.6 is 0 Å². The quantitative estimate of drug-likeness (QED) is 0.197. The number of aliphatic hydroxyl groups excluding tert-OH is 1. The first-order valence-electron chi connectivity index (χ1n) is 11.4. The van der Waals surface area contributed by atoms with Gasteiger partial charge in [0.1, 0.15) is 11.6 Å². The summed E-state index contributed by atoms with van der Waals surface area (Å²) in [5, 5.41) is 30.8. The average molecular weight is 474 g/mol. The predicted molar refractivity (Wildman–Crippen MR) is 138 cm³/mol. The molecule has 7 heteroatoms. The Labute approximate surface area is 203 Å². The molecule has 35 heavy (non-hydrogen) atoms. The minimum atomic E-state index is -1.64. The van der Waals surface area contributed by atoms with E-state index in [0.29, 0.717) is 27.8 Å². The van der Waals surface area contributed by atoms with Gasteiger partial charge in [-0.1, -0.05) is 36.4 Å². The lowest BCUT2D eigenvalue weighted by Gasteiger charge is -2.21. The topological polar surface area (TPSA) is 98.5 Å². The number of halogens is 1. The second-order valence-corrected chi connectivity index (χ2v) is 8.67. The Kier molecular flexibility index (Phi) is 7.10. The molecular formula is C28H28FN3O3. The lowest BCUT2D eigenvalue weighted by Crippen LogP contribution is -2.30. The third kappa shape index (κ3) is 5.31. The molecule has 4 rings (SSSR count). The highest BCUT2D eigenvalue weighted by Gasteiger charge is 2.19.